The number of rotatable bonds is 5. The highest BCUT2D eigenvalue weighted by Crippen LogP contribution is 2.06. The van der Waals surface area contributed by atoms with E-state index in [1.165, 1.54) is 12.1 Å². The summed E-state index contributed by atoms with van der Waals surface area (Å²) in [6.45, 7) is -0.747. The molecule has 0 saturated carbocycles. The van der Waals surface area contributed by atoms with Gasteiger partial charge < -0.3 is 21.5 Å². The summed E-state index contributed by atoms with van der Waals surface area (Å²) in [5.41, 5.74) is 11.1. The van der Waals surface area contributed by atoms with E-state index >= 15 is 0 Å². The zero-order valence-corrected chi connectivity index (χ0v) is 11.8. The van der Waals surface area contributed by atoms with Gasteiger partial charge in [-0.05, 0) is 17.7 Å². The monoisotopic (exact) mass is 318 g/mol. The molecule has 116 valence electrons. The van der Waals surface area contributed by atoms with Crippen LogP contribution >= 0.6 is 12.4 Å². The van der Waals surface area contributed by atoms with Gasteiger partial charge in [-0.3, -0.25) is 10.2 Å². The van der Waals surface area contributed by atoms with Gasteiger partial charge in [0.25, 0.3) is 0 Å². The molecule has 0 heterocycles. The van der Waals surface area contributed by atoms with Crippen LogP contribution in [0.15, 0.2) is 24.3 Å². The van der Waals surface area contributed by atoms with Crippen LogP contribution in [0.3, 0.4) is 0 Å². The van der Waals surface area contributed by atoms with Crippen LogP contribution in [0.1, 0.15) is 11.1 Å². The molecule has 2 amide bonds. The number of ether oxygens (including phenoxy) is 1. The van der Waals surface area contributed by atoms with Gasteiger partial charge in [-0.1, -0.05) is 12.1 Å². The third-order valence-corrected chi connectivity index (χ3v) is 2.39. The molecular formula is C12H16ClFN4O3. The number of halogens is 2. The van der Waals surface area contributed by atoms with E-state index in [0.29, 0.717) is 5.56 Å². The summed E-state index contributed by atoms with van der Waals surface area (Å²) in [6.07, 6.45) is -1.06. The molecule has 7 nitrogen and oxygen atoms in total. The number of hydrogen-bond donors (Lipinski definition) is 4. The van der Waals surface area contributed by atoms with Crippen molar-refractivity contribution in [2.75, 3.05) is 6.67 Å². The van der Waals surface area contributed by atoms with Gasteiger partial charge in [0, 0.05) is 12.1 Å². The van der Waals surface area contributed by atoms with Gasteiger partial charge in [-0.2, -0.15) is 0 Å². The van der Waals surface area contributed by atoms with Crippen LogP contribution in [-0.2, 0) is 16.1 Å². The van der Waals surface area contributed by atoms with Crippen molar-refractivity contribution in [1.29, 1.82) is 5.41 Å². The summed E-state index contributed by atoms with van der Waals surface area (Å²) in [4.78, 5) is 21.8. The molecule has 0 aliphatic rings. The number of nitrogens with two attached hydrogens (primary N) is 2. The number of hydrogen-bond acceptors (Lipinski definition) is 5. The highest BCUT2D eigenvalue weighted by atomic mass is 35.5. The first-order valence-corrected chi connectivity index (χ1v) is 5.68. The maximum atomic E-state index is 12.1. The van der Waals surface area contributed by atoms with Crippen molar-refractivity contribution in [3.05, 3.63) is 35.4 Å². The van der Waals surface area contributed by atoms with E-state index in [2.05, 4.69) is 10.1 Å². The topological polar surface area (TPSA) is 131 Å². The number of alkyl halides is 1. The Morgan fingerprint density at radius 3 is 2.38 bits per heavy atom. The Morgan fingerprint density at radius 2 is 1.90 bits per heavy atom. The van der Waals surface area contributed by atoms with Crippen molar-refractivity contribution in [2.45, 2.75) is 12.6 Å². The molecule has 6 N–H and O–H groups in total. The molecular weight excluding hydrogens is 303 g/mol. The Bertz CT molecular complexity index is 510. The lowest BCUT2D eigenvalue weighted by Gasteiger charge is -2.09. The van der Waals surface area contributed by atoms with Crippen molar-refractivity contribution in [1.82, 2.24) is 5.32 Å². The van der Waals surface area contributed by atoms with Crippen LogP contribution in [-0.4, -0.2) is 30.6 Å². The van der Waals surface area contributed by atoms with E-state index in [4.69, 9.17) is 16.9 Å². The summed E-state index contributed by atoms with van der Waals surface area (Å²) in [5, 5.41) is 9.90. The number of carbonyl (C=O) groups excluding carboxylic acids is 2. The van der Waals surface area contributed by atoms with Crippen molar-refractivity contribution in [3.8, 4) is 0 Å². The van der Waals surface area contributed by atoms with Gasteiger partial charge in [0.1, 0.15) is 12.7 Å². The van der Waals surface area contributed by atoms with Gasteiger partial charge in [-0.15, -0.1) is 12.4 Å². The Kier molecular flexibility index (Phi) is 7.95. The SMILES string of the molecule is Cl.N=C(OC(N)=O)c1ccc(CNC(=O)C(N)CF)cc1. The summed E-state index contributed by atoms with van der Waals surface area (Å²) in [6, 6.07) is 5.13. The maximum Gasteiger partial charge on any atom is 0.411 e. The van der Waals surface area contributed by atoms with Crippen LogP contribution in [0.4, 0.5) is 9.18 Å². The van der Waals surface area contributed by atoms with Crippen LogP contribution in [0, 0.1) is 5.41 Å². The van der Waals surface area contributed by atoms with E-state index in [0.717, 1.165) is 5.56 Å². The maximum absolute atomic E-state index is 12.1. The lowest BCUT2D eigenvalue weighted by molar-refractivity contribution is -0.122. The summed E-state index contributed by atoms with van der Waals surface area (Å²) < 4.78 is 16.6. The second-order valence-corrected chi connectivity index (χ2v) is 3.93. The second-order valence-electron chi connectivity index (χ2n) is 3.93. The molecule has 0 bridgehead atoms. The van der Waals surface area contributed by atoms with Crippen molar-refractivity contribution in [2.24, 2.45) is 11.5 Å². The Hall–Kier alpha value is -2.19. The predicted octanol–water partition coefficient (Wildman–Crippen LogP) is 0.442. The minimum atomic E-state index is -1.17. The van der Waals surface area contributed by atoms with E-state index in [9.17, 15) is 14.0 Å². The smallest absolute Gasteiger partial charge is 0.391 e. The summed E-state index contributed by atoms with van der Waals surface area (Å²) in [5.74, 6) is -0.950. The fourth-order valence-corrected chi connectivity index (χ4v) is 1.32. The van der Waals surface area contributed by atoms with E-state index in [1.54, 1.807) is 12.1 Å². The standard InChI is InChI=1S/C12H15FN4O3.ClH/c13-5-9(14)11(18)17-6-7-1-3-8(4-2-7)10(15)20-12(16)19;/h1-4,9,15H,5-6,14H2,(H2,16,19)(H,17,18);1H. The van der Waals surface area contributed by atoms with E-state index in [1.807, 2.05) is 0 Å². The Balaban J connectivity index is 0.00000400. The van der Waals surface area contributed by atoms with Crippen LogP contribution in [0.5, 0.6) is 0 Å². The second kappa shape index (κ2) is 8.88. The van der Waals surface area contributed by atoms with Crippen LogP contribution < -0.4 is 16.8 Å². The highest BCUT2D eigenvalue weighted by Gasteiger charge is 2.12. The fourth-order valence-electron chi connectivity index (χ4n) is 1.32. The highest BCUT2D eigenvalue weighted by molar-refractivity contribution is 5.97. The normalized spacial score (nSPS) is 11.0. The minimum Gasteiger partial charge on any atom is -0.391 e. The first-order chi connectivity index (χ1) is 9.43. The van der Waals surface area contributed by atoms with E-state index < -0.39 is 24.7 Å². The lowest BCUT2D eigenvalue weighted by atomic mass is 10.1. The van der Waals surface area contributed by atoms with Crippen molar-refractivity contribution < 1.29 is 18.7 Å². The lowest BCUT2D eigenvalue weighted by Crippen LogP contribution is -2.41. The Morgan fingerprint density at radius 1 is 1.33 bits per heavy atom. The Labute approximate surface area is 126 Å². The molecule has 1 aromatic carbocycles. The average Bonchev–Trinajstić information content (AvgIpc) is 2.43. The first kappa shape index (κ1) is 18.8. The zero-order valence-electron chi connectivity index (χ0n) is 11.0. The average molecular weight is 319 g/mol. The van der Waals surface area contributed by atoms with Crippen molar-refractivity contribution in [3.63, 3.8) is 0 Å². The molecule has 0 aliphatic heterocycles. The quantitative estimate of drug-likeness (QED) is 0.463. The molecule has 1 aromatic rings. The van der Waals surface area contributed by atoms with Gasteiger partial charge >= 0.3 is 6.09 Å². The van der Waals surface area contributed by atoms with Crippen molar-refractivity contribution >= 4 is 30.3 Å². The first-order valence-electron chi connectivity index (χ1n) is 5.68. The number of nitrogens with one attached hydrogen (secondary N) is 2. The van der Waals surface area contributed by atoms with Gasteiger partial charge in [0.2, 0.25) is 11.8 Å². The van der Waals surface area contributed by atoms with Crippen LogP contribution in [0.25, 0.3) is 0 Å². The third-order valence-electron chi connectivity index (χ3n) is 2.39. The predicted molar refractivity (Wildman–Crippen MR) is 77.0 cm³/mol. The molecule has 0 spiro atoms. The van der Waals surface area contributed by atoms with Crippen LogP contribution in [0.2, 0.25) is 0 Å². The molecule has 0 aliphatic carbocycles. The fraction of sp³-hybridized carbons (Fsp3) is 0.250. The summed E-state index contributed by atoms with van der Waals surface area (Å²) >= 11 is 0. The molecule has 21 heavy (non-hydrogen) atoms. The molecule has 0 saturated heterocycles. The number of amides is 2. The molecule has 1 rings (SSSR count). The molecule has 1 unspecified atom stereocenters. The molecule has 1 atom stereocenters. The number of primary amides is 1. The molecule has 0 aromatic heterocycles. The molecule has 9 heteroatoms. The van der Waals surface area contributed by atoms with E-state index in [-0.39, 0.29) is 24.8 Å². The minimum absolute atomic E-state index is 0. The number of carbonyl (C=O) groups is 2. The third kappa shape index (κ3) is 6.19. The molecule has 0 fully saturated rings. The largest absolute Gasteiger partial charge is 0.411 e. The number of benzene rings is 1. The zero-order chi connectivity index (χ0) is 15.1. The van der Waals surface area contributed by atoms with Gasteiger partial charge in [0.05, 0.1) is 0 Å². The van der Waals surface area contributed by atoms with Gasteiger partial charge in [0.15, 0.2) is 0 Å². The molecule has 0 radical (unpaired) electrons. The van der Waals surface area contributed by atoms with Gasteiger partial charge in [-0.25, -0.2) is 9.18 Å². The summed E-state index contributed by atoms with van der Waals surface area (Å²) in [7, 11) is 0.